The smallest absolute Gasteiger partial charge is 0.410 e. The molecule has 0 aromatic carbocycles. The molecule has 1 aromatic rings. The number of rotatable bonds is 2. The molecular weight excluding hydrogens is 322 g/mol. The second-order valence-electron chi connectivity index (χ2n) is 5.92. The molecule has 0 saturated carbocycles. The average Bonchev–Trinajstić information content (AvgIpc) is 2.79. The number of ether oxygens (including phenoxy) is 1. The van der Waals surface area contributed by atoms with Crippen LogP contribution < -0.4 is 5.32 Å². The van der Waals surface area contributed by atoms with Crippen molar-refractivity contribution in [1.29, 1.82) is 0 Å². The van der Waals surface area contributed by atoms with Crippen molar-refractivity contribution in [3.8, 4) is 0 Å². The van der Waals surface area contributed by atoms with Gasteiger partial charge in [0.25, 0.3) is 0 Å². The maximum Gasteiger partial charge on any atom is 0.410 e. The number of halogens is 1. The highest BCUT2D eigenvalue weighted by molar-refractivity contribution is 9.10. The number of likely N-dealkylation sites (tertiary alicyclic amines) is 1. The minimum Gasteiger partial charge on any atom is -0.444 e. The Kier molecular flexibility index (Phi) is 4.52. The van der Waals surface area contributed by atoms with E-state index in [1.807, 2.05) is 32.9 Å². The van der Waals surface area contributed by atoms with Gasteiger partial charge in [-0.2, -0.15) is 0 Å². The lowest BCUT2D eigenvalue weighted by Gasteiger charge is -2.24. The monoisotopic (exact) mass is 341 g/mol. The van der Waals surface area contributed by atoms with Crippen molar-refractivity contribution in [1.82, 2.24) is 9.88 Å². The summed E-state index contributed by atoms with van der Waals surface area (Å²) in [6, 6.07) is 4.08. The summed E-state index contributed by atoms with van der Waals surface area (Å²) < 4.78 is 6.32. The average molecular weight is 342 g/mol. The van der Waals surface area contributed by atoms with Gasteiger partial charge in [0.15, 0.2) is 0 Å². The van der Waals surface area contributed by atoms with Gasteiger partial charge < -0.3 is 15.0 Å². The van der Waals surface area contributed by atoms with Gasteiger partial charge in [0, 0.05) is 29.8 Å². The third kappa shape index (κ3) is 4.37. The Hall–Kier alpha value is -1.30. The lowest BCUT2D eigenvalue weighted by Crippen LogP contribution is -2.36. The molecule has 1 aromatic heterocycles. The van der Waals surface area contributed by atoms with E-state index in [4.69, 9.17) is 4.74 Å². The van der Waals surface area contributed by atoms with Gasteiger partial charge in [-0.3, -0.25) is 0 Å². The predicted octanol–water partition coefficient (Wildman–Crippen LogP) is 3.27. The fourth-order valence-electron chi connectivity index (χ4n) is 2.04. The second-order valence-corrected chi connectivity index (χ2v) is 6.83. The van der Waals surface area contributed by atoms with Crippen LogP contribution in [0.15, 0.2) is 22.8 Å². The van der Waals surface area contributed by atoms with E-state index in [1.165, 1.54) is 0 Å². The Morgan fingerprint density at radius 2 is 2.25 bits per heavy atom. The molecule has 1 fully saturated rings. The third-order valence-corrected chi connectivity index (χ3v) is 3.39. The maximum absolute atomic E-state index is 12.0. The van der Waals surface area contributed by atoms with Crippen LogP contribution >= 0.6 is 15.9 Å². The van der Waals surface area contributed by atoms with Crippen molar-refractivity contribution in [2.24, 2.45) is 0 Å². The van der Waals surface area contributed by atoms with Gasteiger partial charge in [-0.25, -0.2) is 9.78 Å². The molecule has 0 bridgehead atoms. The van der Waals surface area contributed by atoms with Gasteiger partial charge in [0.1, 0.15) is 11.4 Å². The first-order valence-corrected chi connectivity index (χ1v) is 7.49. The summed E-state index contributed by atoms with van der Waals surface area (Å²) >= 11 is 3.35. The highest BCUT2D eigenvalue weighted by Crippen LogP contribution is 2.18. The van der Waals surface area contributed by atoms with Gasteiger partial charge in [-0.05, 0) is 55.3 Å². The van der Waals surface area contributed by atoms with Crippen LogP contribution in [0.25, 0.3) is 0 Å². The highest BCUT2D eigenvalue weighted by Gasteiger charge is 2.29. The Morgan fingerprint density at radius 3 is 2.85 bits per heavy atom. The minimum absolute atomic E-state index is 0.219. The summed E-state index contributed by atoms with van der Waals surface area (Å²) in [6.45, 7) is 6.99. The molecule has 1 aliphatic rings. The zero-order chi connectivity index (χ0) is 14.8. The van der Waals surface area contributed by atoms with Gasteiger partial charge in [-0.1, -0.05) is 0 Å². The van der Waals surface area contributed by atoms with E-state index in [2.05, 4.69) is 26.2 Å². The van der Waals surface area contributed by atoms with Crippen LogP contribution in [0.5, 0.6) is 0 Å². The van der Waals surface area contributed by atoms with Crippen molar-refractivity contribution in [2.75, 3.05) is 18.4 Å². The lowest BCUT2D eigenvalue weighted by molar-refractivity contribution is 0.0293. The van der Waals surface area contributed by atoms with Crippen LogP contribution in [0, 0.1) is 0 Å². The Morgan fingerprint density at radius 1 is 1.50 bits per heavy atom. The molecule has 6 heteroatoms. The number of pyridine rings is 1. The van der Waals surface area contributed by atoms with Gasteiger partial charge in [0.2, 0.25) is 0 Å². The molecule has 110 valence electrons. The number of carbonyl (C=O) groups excluding carboxylic acids is 1. The topological polar surface area (TPSA) is 54.5 Å². The predicted molar refractivity (Wildman–Crippen MR) is 81.8 cm³/mol. The number of nitrogens with zero attached hydrogens (tertiary/aromatic N) is 2. The molecule has 2 rings (SSSR count). The molecule has 1 amide bonds. The molecule has 1 saturated heterocycles. The van der Waals surface area contributed by atoms with Crippen LogP contribution in [0.4, 0.5) is 10.6 Å². The van der Waals surface area contributed by atoms with Crippen molar-refractivity contribution in [3.63, 3.8) is 0 Å². The largest absolute Gasteiger partial charge is 0.444 e. The molecule has 1 N–H and O–H groups in total. The van der Waals surface area contributed by atoms with Crippen molar-refractivity contribution in [3.05, 3.63) is 22.8 Å². The molecule has 5 nitrogen and oxygen atoms in total. The first-order chi connectivity index (χ1) is 9.33. The number of anilines is 1. The second kappa shape index (κ2) is 5.99. The van der Waals surface area contributed by atoms with Crippen molar-refractivity contribution >= 4 is 27.8 Å². The molecule has 0 unspecified atom stereocenters. The highest BCUT2D eigenvalue weighted by atomic mass is 79.9. The summed E-state index contributed by atoms with van der Waals surface area (Å²) in [6.07, 6.45) is 2.41. The number of nitrogens with one attached hydrogen (secondary N) is 1. The molecular formula is C14H20BrN3O2. The number of carbonyl (C=O) groups is 1. The van der Waals surface area contributed by atoms with Crippen LogP contribution in [-0.4, -0.2) is 40.7 Å². The molecule has 1 atom stereocenters. The fourth-order valence-corrected chi connectivity index (χ4v) is 2.28. The Bertz CT molecular complexity index is 470. The van der Waals surface area contributed by atoms with Crippen LogP contribution in [0.1, 0.15) is 27.2 Å². The number of hydrogen-bond acceptors (Lipinski definition) is 4. The van der Waals surface area contributed by atoms with E-state index in [0.717, 1.165) is 16.7 Å². The van der Waals surface area contributed by atoms with E-state index in [-0.39, 0.29) is 12.1 Å². The van der Waals surface area contributed by atoms with Gasteiger partial charge in [-0.15, -0.1) is 0 Å². The van der Waals surface area contributed by atoms with Crippen LogP contribution in [0.3, 0.4) is 0 Å². The van der Waals surface area contributed by atoms with Crippen LogP contribution in [-0.2, 0) is 4.74 Å². The zero-order valence-corrected chi connectivity index (χ0v) is 13.6. The molecule has 2 heterocycles. The lowest BCUT2D eigenvalue weighted by atomic mass is 10.2. The maximum atomic E-state index is 12.0. The minimum atomic E-state index is -0.449. The fraction of sp³-hybridized carbons (Fsp3) is 0.571. The third-order valence-electron chi connectivity index (χ3n) is 2.92. The molecule has 20 heavy (non-hydrogen) atoms. The van der Waals surface area contributed by atoms with E-state index in [9.17, 15) is 4.79 Å². The first kappa shape index (κ1) is 15.1. The summed E-state index contributed by atoms with van der Waals surface area (Å²) in [5.74, 6) is 0.823. The number of hydrogen-bond donors (Lipinski definition) is 1. The normalized spacial score (nSPS) is 19.0. The van der Waals surface area contributed by atoms with E-state index >= 15 is 0 Å². The SMILES string of the molecule is CC(C)(C)OC(=O)N1CC[C@@H](Nc2ccc(Br)cn2)C1. The first-order valence-electron chi connectivity index (χ1n) is 6.69. The van der Waals surface area contributed by atoms with E-state index in [0.29, 0.717) is 13.1 Å². The number of amides is 1. The van der Waals surface area contributed by atoms with Crippen LogP contribution in [0.2, 0.25) is 0 Å². The Labute approximate surface area is 127 Å². The van der Waals surface area contributed by atoms with E-state index < -0.39 is 5.60 Å². The standard InChI is InChI=1S/C14H20BrN3O2/c1-14(2,3)20-13(19)18-7-6-11(9-18)17-12-5-4-10(15)8-16-12/h4-5,8,11H,6-7,9H2,1-3H3,(H,16,17)/t11-/m1/s1. The number of aromatic nitrogens is 1. The summed E-state index contributed by atoms with van der Waals surface area (Å²) in [5, 5.41) is 3.33. The summed E-state index contributed by atoms with van der Waals surface area (Å²) in [5.41, 5.74) is -0.449. The van der Waals surface area contributed by atoms with Gasteiger partial charge in [0.05, 0.1) is 0 Å². The molecule has 0 radical (unpaired) electrons. The van der Waals surface area contributed by atoms with Crippen molar-refractivity contribution in [2.45, 2.75) is 38.8 Å². The van der Waals surface area contributed by atoms with Crippen molar-refractivity contribution < 1.29 is 9.53 Å². The summed E-state index contributed by atoms with van der Waals surface area (Å²) in [7, 11) is 0. The zero-order valence-electron chi connectivity index (χ0n) is 12.0. The molecule has 0 spiro atoms. The quantitative estimate of drug-likeness (QED) is 0.896. The molecule has 0 aliphatic carbocycles. The van der Waals surface area contributed by atoms with Gasteiger partial charge >= 0.3 is 6.09 Å². The van der Waals surface area contributed by atoms with E-state index in [1.54, 1.807) is 11.1 Å². The molecule has 1 aliphatic heterocycles. The Balaban J connectivity index is 1.86. The summed E-state index contributed by atoms with van der Waals surface area (Å²) in [4.78, 5) is 18.0.